The van der Waals surface area contributed by atoms with E-state index in [0.717, 1.165) is 12.8 Å². The Balaban J connectivity index is 2.21. The lowest BCUT2D eigenvalue weighted by Gasteiger charge is -2.16. The normalized spacial score (nSPS) is 10.7. The van der Waals surface area contributed by atoms with Crippen LogP contribution in [0.25, 0.3) is 0 Å². The molecule has 0 aliphatic rings. The minimum atomic E-state index is -0.163. The Bertz CT molecular complexity index is 348. The molecule has 4 nitrogen and oxygen atoms in total. The second-order valence-corrected chi connectivity index (χ2v) is 4.10. The Morgan fingerprint density at radius 3 is 2.37 bits per heavy atom. The van der Waals surface area contributed by atoms with Crippen LogP contribution < -0.4 is 5.32 Å². The maximum absolute atomic E-state index is 11.8. The molecule has 0 atom stereocenters. The molecule has 19 heavy (non-hydrogen) atoms. The summed E-state index contributed by atoms with van der Waals surface area (Å²) < 4.78 is 10.9. The molecule has 0 aromatic heterocycles. The van der Waals surface area contributed by atoms with Crippen LogP contribution in [-0.4, -0.2) is 32.0 Å². The number of rotatable bonds is 9. The van der Waals surface area contributed by atoms with Crippen molar-refractivity contribution in [3.63, 3.8) is 0 Å². The van der Waals surface area contributed by atoms with Crippen LogP contribution in [0.1, 0.15) is 37.0 Å². The van der Waals surface area contributed by atoms with Crippen molar-refractivity contribution in [2.75, 3.05) is 19.8 Å². The van der Waals surface area contributed by atoms with E-state index in [4.69, 9.17) is 9.47 Å². The van der Waals surface area contributed by atoms with Crippen molar-refractivity contribution in [2.45, 2.75) is 33.0 Å². The van der Waals surface area contributed by atoms with Gasteiger partial charge in [0.15, 0.2) is 6.29 Å². The lowest BCUT2D eigenvalue weighted by atomic mass is 10.2. The minimum Gasteiger partial charge on any atom is -0.353 e. The van der Waals surface area contributed by atoms with Crippen LogP contribution in [0.4, 0.5) is 0 Å². The van der Waals surface area contributed by atoms with E-state index in [1.54, 1.807) is 12.1 Å². The fourth-order valence-corrected chi connectivity index (χ4v) is 1.75. The molecule has 0 radical (unpaired) electrons. The van der Waals surface area contributed by atoms with Gasteiger partial charge in [0.05, 0.1) is 0 Å². The van der Waals surface area contributed by atoms with Gasteiger partial charge in [-0.2, -0.15) is 0 Å². The topological polar surface area (TPSA) is 47.6 Å². The van der Waals surface area contributed by atoms with Crippen molar-refractivity contribution < 1.29 is 14.3 Å². The van der Waals surface area contributed by atoms with E-state index in [1.807, 2.05) is 32.0 Å². The summed E-state index contributed by atoms with van der Waals surface area (Å²) >= 11 is 0. The number of ether oxygens (including phenoxy) is 2. The Morgan fingerprint density at radius 1 is 1.16 bits per heavy atom. The van der Waals surface area contributed by atoms with Gasteiger partial charge in [0.2, 0.25) is 0 Å². The molecule has 1 amide bonds. The molecule has 1 aromatic carbocycles. The number of benzene rings is 1. The predicted octanol–water partition coefficient (Wildman–Crippen LogP) is 2.60. The third-order valence-electron chi connectivity index (χ3n) is 2.64. The van der Waals surface area contributed by atoms with Gasteiger partial charge in [-0.1, -0.05) is 18.2 Å². The van der Waals surface area contributed by atoms with Gasteiger partial charge in [-0.15, -0.1) is 0 Å². The standard InChI is InChI=1S/C15H23NO3/c1-3-18-14(19-4-2)11-8-12-16-15(17)13-9-6-5-7-10-13/h5-7,9-10,14H,3-4,8,11-12H2,1-2H3,(H,16,17). The Morgan fingerprint density at radius 2 is 1.79 bits per heavy atom. The molecule has 0 heterocycles. The number of carbonyl (C=O) groups is 1. The van der Waals surface area contributed by atoms with Gasteiger partial charge >= 0.3 is 0 Å². The molecule has 0 saturated carbocycles. The highest BCUT2D eigenvalue weighted by Crippen LogP contribution is 2.04. The van der Waals surface area contributed by atoms with Crippen molar-refractivity contribution in [1.29, 1.82) is 0 Å². The maximum Gasteiger partial charge on any atom is 0.251 e. The smallest absolute Gasteiger partial charge is 0.251 e. The molecule has 4 heteroatoms. The fraction of sp³-hybridized carbons (Fsp3) is 0.533. The molecule has 1 aromatic rings. The minimum absolute atomic E-state index is 0.0371. The summed E-state index contributed by atoms with van der Waals surface area (Å²) in [6.45, 7) is 5.80. The van der Waals surface area contributed by atoms with Crippen molar-refractivity contribution in [1.82, 2.24) is 5.32 Å². The van der Waals surface area contributed by atoms with Crippen molar-refractivity contribution in [2.24, 2.45) is 0 Å². The first-order chi connectivity index (χ1) is 9.27. The molecular formula is C15H23NO3. The molecule has 0 spiro atoms. The van der Waals surface area contributed by atoms with E-state index in [-0.39, 0.29) is 12.2 Å². The van der Waals surface area contributed by atoms with Crippen molar-refractivity contribution in [3.05, 3.63) is 35.9 Å². The summed E-state index contributed by atoms with van der Waals surface area (Å²) in [4.78, 5) is 11.8. The van der Waals surface area contributed by atoms with Crippen LogP contribution in [-0.2, 0) is 9.47 Å². The predicted molar refractivity (Wildman–Crippen MR) is 75.0 cm³/mol. The van der Waals surface area contributed by atoms with Crippen LogP contribution >= 0.6 is 0 Å². The average molecular weight is 265 g/mol. The quantitative estimate of drug-likeness (QED) is 0.551. The van der Waals surface area contributed by atoms with E-state index >= 15 is 0 Å². The number of nitrogens with one attached hydrogen (secondary N) is 1. The number of hydrogen-bond donors (Lipinski definition) is 1. The summed E-state index contributed by atoms with van der Waals surface area (Å²) in [5, 5.41) is 2.89. The highest BCUT2D eigenvalue weighted by atomic mass is 16.7. The van der Waals surface area contributed by atoms with Gasteiger partial charge < -0.3 is 14.8 Å². The Kier molecular flexibility index (Phi) is 7.86. The molecule has 1 N–H and O–H groups in total. The summed E-state index contributed by atoms with van der Waals surface area (Å²) in [7, 11) is 0. The van der Waals surface area contributed by atoms with Crippen LogP contribution in [0.2, 0.25) is 0 Å². The number of amides is 1. The molecule has 0 aliphatic heterocycles. The Labute approximate surface area is 115 Å². The average Bonchev–Trinajstić information content (AvgIpc) is 2.44. The van der Waals surface area contributed by atoms with E-state index in [1.165, 1.54) is 0 Å². The van der Waals surface area contributed by atoms with Gasteiger partial charge in [-0.25, -0.2) is 0 Å². The highest BCUT2D eigenvalue weighted by Gasteiger charge is 2.08. The summed E-state index contributed by atoms with van der Waals surface area (Å²) in [5.74, 6) is -0.0371. The first-order valence-corrected chi connectivity index (χ1v) is 6.84. The first-order valence-electron chi connectivity index (χ1n) is 6.84. The highest BCUT2D eigenvalue weighted by molar-refractivity contribution is 5.94. The molecule has 1 rings (SSSR count). The van der Waals surface area contributed by atoms with Crippen molar-refractivity contribution in [3.8, 4) is 0 Å². The maximum atomic E-state index is 11.8. The first kappa shape index (κ1) is 15.7. The third-order valence-corrected chi connectivity index (χ3v) is 2.64. The molecular weight excluding hydrogens is 242 g/mol. The second kappa shape index (κ2) is 9.53. The molecule has 0 bridgehead atoms. The van der Waals surface area contributed by atoms with E-state index in [9.17, 15) is 4.79 Å². The molecule has 0 saturated heterocycles. The van der Waals surface area contributed by atoms with Gasteiger partial charge in [0.25, 0.3) is 5.91 Å². The Hall–Kier alpha value is -1.39. The third kappa shape index (κ3) is 6.36. The van der Waals surface area contributed by atoms with Crippen LogP contribution in [0.5, 0.6) is 0 Å². The van der Waals surface area contributed by atoms with Crippen LogP contribution in [0, 0.1) is 0 Å². The zero-order chi connectivity index (χ0) is 13.9. The molecule has 0 unspecified atom stereocenters. The largest absolute Gasteiger partial charge is 0.353 e. The molecule has 0 aliphatic carbocycles. The lowest BCUT2D eigenvalue weighted by Crippen LogP contribution is -2.26. The van der Waals surface area contributed by atoms with Crippen LogP contribution in [0.3, 0.4) is 0 Å². The summed E-state index contributed by atoms with van der Waals surface area (Å²) in [6, 6.07) is 9.22. The van der Waals surface area contributed by atoms with Gasteiger partial charge in [-0.05, 0) is 32.4 Å². The zero-order valence-electron chi connectivity index (χ0n) is 11.7. The van der Waals surface area contributed by atoms with E-state index < -0.39 is 0 Å². The SMILES string of the molecule is CCOC(CCCNC(=O)c1ccccc1)OCC. The van der Waals surface area contributed by atoms with E-state index in [2.05, 4.69) is 5.32 Å². The number of carbonyl (C=O) groups excluding carboxylic acids is 1. The van der Waals surface area contributed by atoms with Gasteiger partial charge in [-0.3, -0.25) is 4.79 Å². The second-order valence-electron chi connectivity index (χ2n) is 4.10. The monoisotopic (exact) mass is 265 g/mol. The fourth-order valence-electron chi connectivity index (χ4n) is 1.75. The number of hydrogen-bond acceptors (Lipinski definition) is 3. The van der Waals surface area contributed by atoms with Gasteiger partial charge in [0.1, 0.15) is 0 Å². The summed E-state index contributed by atoms with van der Waals surface area (Å²) in [6.07, 6.45) is 1.46. The molecule has 0 fully saturated rings. The summed E-state index contributed by atoms with van der Waals surface area (Å²) in [5.41, 5.74) is 0.689. The molecule has 106 valence electrons. The zero-order valence-corrected chi connectivity index (χ0v) is 11.7. The van der Waals surface area contributed by atoms with Gasteiger partial charge in [0, 0.05) is 31.7 Å². The van der Waals surface area contributed by atoms with Crippen molar-refractivity contribution >= 4 is 5.91 Å². The van der Waals surface area contributed by atoms with Crippen LogP contribution in [0.15, 0.2) is 30.3 Å². The van der Waals surface area contributed by atoms with E-state index in [0.29, 0.717) is 25.3 Å². The lowest BCUT2D eigenvalue weighted by molar-refractivity contribution is -0.139.